The summed E-state index contributed by atoms with van der Waals surface area (Å²) in [5.41, 5.74) is 6.18. The van der Waals surface area contributed by atoms with E-state index >= 15 is 0 Å². The average Bonchev–Trinajstić information content (AvgIpc) is 2.19. The van der Waals surface area contributed by atoms with Gasteiger partial charge in [0.2, 0.25) is 0 Å². The van der Waals surface area contributed by atoms with Crippen LogP contribution >= 0.6 is 24.2 Å². The van der Waals surface area contributed by atoms with Crippen molar-refractivity contribution in [1.29, 1.82) is 0 Å². The molecule has 0 amide bonds. The molecule has 0 spiro atoms. The van der Waals surface area contributed by atoms with E-state index in [9.17, 15) is 4.79 Å². The van der Waals surface area contributed by atoms with Crippen molar-refractivity contribution < 1.29 is 9.90 Å². The van der Waals surface area contributed by atoms with Gasteiger partial charge in [0.05, 0.1) is 10.9 Å². The van der Waals surface area contributed by atoms with Gasteiger partial charge in [-0.2, -0.15) is 12.6 Å². The molecule has 15 heavy (non-hydrogen) atoms. The Morgan fingerprint density at radius 3 is 2.87 bits per heavy atom. The van der Waals surface area contributed by atoms with E-state index < -0.39 is 11.9 Å². The van der Waals surface area contributed by atoms with Gasteiger partial charge < -0.3 is 10.8 Å². The van der Waals surface area contributed by atoms with Gasteiger partial charge in [-0.15, -0.1) is 0 Å². The molecule has 0 saturated carbocycles. The van der Waals surface area contributed by atoms with Crippen molar-refractivity contribution in [2.75, 3.05) is 11.5 Å². The number of carbonyl (C=O) groups is 1. The van der Waals surface area contributed by atoms with Crippen LogP contribution in [0.1, 0.15) is 5.56 Å². The second-order valence-electron chi connectivity index (χ2n) is 3.13. The van der Waals surface area contributed by atoms with Crippen LogP contribution in [0.25, 0.3) is 0 Å². The molecular weight excluding hydrogens is 236 g/mol. The van der Waals surface area contributed by atoms with Crippen molar-refractivity contribution in [2.24, 2.45) is 5.92 Å². The number of halogens is 1. The molecule has 3 N–H and O–H groups in total. The summed E-state index contributed by atoms with van der Waals surface area (Å²) in [5.74, 6) is -0.886. The number of carboxylic acids is 1. The number of rotatable bonds is 4. The molecule has 0 aliphatic heterocycles. The van der Waals surface area contributed by atoms with Gasteiger partial charge in [-0.25, -0.2) is 4.98 Å². The number of aliphatic carboxylic acids is 1. The highest BCUT2D eigenvalue weighted by Gasteiger charge is 2.16. The smallest absolute Gasteiger partial charge is 0.307 e. The Hall–Kier alpha value is -0.940. The third-order valence-corrected chi connectivity index (χ3v) is 2.72. The van der Waals surface area contributed by atoms with Crippen LogP contribution in [-0.2, 0) is 11.2 Å². The van der Waals surface area contributed by atoms with E-state index in [4.69, 9.17) is 22.4 Å². The van der Waals surface area contributed by atoms with Crippen LogP contribution in [0.5, 0.6) is 0 Å². The van der Waals surface area contributed by atoms with Gasteiger partial charge in [0.1, 0.15) is 5.82 Å². The molecular formula is C9H11ClN2O2S. The molecule has 0 aliphatic carbocycles. The zero-order chi connectivity index (χ0) is 11.4. The topological polar surface area (TPSA) is 76.2 Å². The van der Waals surface area contributed by atoms with Crippen molar-refractivity contribution in [2.45, 2.75) is 6.42 Å². The van der Waals surface area contributed by atoms with Crippen molar-refractivity contribution in [3.8, 4) is 0 Å². The number of nitrogen functional groups attached to an aromatic ring is 1. The lowest BCUT2D eigenvalue weighted by Gasteiger charge is -2.09. The first-order valence-corrected chi connectivity index (χ1v) is 5.29. The first kappa shape index (κ1) is 12.1. The lowest BCUT2D eigenvalue weighted by Crippen LogP contribution is -2.18. The highest BCUT2D eigenvalue weighted by molar-refractivity contribution is 7.80. The molecule has 82 valence electrons. The summed E-state index contributed by atoms with van der Waals surface area (Å²) in [6.07, 6.45) is 1.88. The fourth-order valence-corrected chi connectivity index (χ4v) is 1.59. The van der Waals surface area contributed by atoms with Crippen LogP contribution in [0.3, 0.4) is 0 Å². The lowest BCUT2D eigenvalue weighted by molar-refractivity contribution is -0.140. The predicted octanol–water partition coefficient (Wildman–Crippen LogP) is 1.49. The van der Waals surface area contributed by atoms with E-state index in [1.54, 1.807) is 6.07 Å². The molecule has 0 saturated heterocycles. The molecule has 1 aromatic rings. The van der Waals surface area contributed by atoms with Crippen LogP contribution in [-0.4, -0.2) is 21.8 Å². The van der Waals surface area contributed by atoms with Crippen molar-refractivity contribution in [3.63, 3.8) is 0 Å². The zero-order valence-electron chi connectivity index (χ0n) is 7.85. The van der Waals surface area contributed by atoms with Crippen molar-refractivity contribution in [3.05, 3.63) is 22.8 Å². The Labute approximate surface area is 97.9 Å². The second kappa shape index (κ2) is 5.23. The summed E-state index contributed by atoms with van der Waals surface area (Å²) in [4.78, 5) is 14.6. The van der Waals surface area contributed by atoms with E-state index in [-0.39, 0.29) is 11.6 Å². The third-order valence-electron chi connectivity index (χ3n) is 1.98. The molecule has 4 nitrogen and oxygen atoms in total. The van der Waals surface area contributed by atoms with Gasteiger partial charge in [0.15, 0.2) is 0 Å². The fraction of sp³-hybridized carbons (Fsp3) is 0.333. The van der Waals surface area contributed by atoms with Gasteiger partial charge in [0, 0.05) is 11.9 Å². The molecule has 1 unspecified atom stereocenters. The van der Waals surface area contributed by atoms with Gasteiger partial charge >= 0.3 is 5.97 Å². The van der Waals surface area contributed by atoms with Crippen LogP contribution in [0.15, 0.2) is 12.3 Å². The molecule has 6 heteroatoms. The van der Waals surface area contributed by atoms with Crippen molar-refractivity contribution >= 4 is 36.0 Å². The van der Waals surface area contributed by atoms with Gasteiger partial charge in [0.25, 0.3) is 0 Å². The molecule has 1 rings (SSSR count). The zero-order valence-corrected chi connectivity index (χ0v) is 9.50. The minimum Gasteiger partial charge on any atom is -0.481 e. The van der Waals surface area contributed by atoms with E-state index in [1.807, 2.05) is 0 Å². The summed E-state index contributed by atoms with van der Waals surface area (Å²) in [7, 11) is 0. The van der Waals surface area contributed by atoms with E-state index in [0.29, 0.717) is 11.4 Å². The molecule has 0 aromatic carbocycles. The Morgan fingerprint density at radius 2 is 2.40 bits per heavy atom. The number of nitrogens with zero attached hydrogens (tertiary/aromatic N) is 1. The maximum absolute atomic E-state index is 10.8. The first-order valence-electron chi connectivity index (χ1n) is 4.28. The average molecular weight is 247 g/mol. The molecule has 0 aliphatic rings. The number of aromatic nitrogens is 1. The Bertz CT molecular complexity index is 373. The lowest BCUT2D eigenvalue weighted by atomic mass is 10.0. The van der Waals surface area contributed by atoms with Gasteiger partial charge in [-0.05, 0) is 18.1 Å². The van der Waals surface area contributed by atoms with Crippen LogP contribution in [0.4, 0.5) is 5.82 Å². The predicted molar refractivity (Wildman–Crippen MR) is 62.3 cm³/mol. The standard InChI is InChI=1S/C9H11ClN2O2S/c10-7-2-5(3-12-8(7)11)1-6(4-15)9(13)14/h2-3,6,15H,1,4H2,(H2,11,12)(H,13,14). The van der Waals surface area contributed by atoms with Crippen molar-refractivity contribution in [1.82, 2.24) is 4.98 Å². The first-order chi connectivity index (χ1) is 7.04. The minimum absolute atomic E-state index is 0.248. The third kappa shape index (κ3) is 3.28. The minimum atomic E-state index is -0.877. The van der Waals surface area contributed by atoms with Gasteiger partial charge in [-0.1, -0.05) is 11.6 Å². The fourth-order valence-electron chi connectivity index (χ4n) is 1.11. The summed E-state index contributed by atoms with van der Waals surface area (Å²) >= 11 is 9.74. The van der Waals surface area contributed by atoms with Gasteiger partial charge in [-0.3, -0.25) is 4.79 Å². The molecule has 0 bridgehead atoms. The number of carboxylic acid groups (broad SMARTS) is 1. The Kier molecular flexibility index (Phi) is 4.23. The van der Waals surface area contributed by atoms with E-state index in [1.165, 1.54) is 6.20 Å². The number of hydrogen-bond donors (Lipinski definition) is 3. The molecule has 1 aromatic heterocycles. The molecule has 0 radical (unpaired) electrons. The van der Waals surface area contributed by atoms with E-state index in [0.717, 1.165) is 5.56 Å². The molecule has 1 atom stereocenters. The van der Waals surface area contributed by atoms with E-state index in [2.05, 4.69) is 17.6 Å². The highest BCUT2D eigenvalue weighted by atomic mass is 35.5. The summed E-state index contributed by atoms with van der Waals surface area (Å²) < 4.78 is 0. The molecule has 0 fully saturated rings. The summed E-state index contributed by atoms with van der Waals surface area (Å²) in [6, 6.07) is 1.63. The van der Waals surface area contributed by atoms with Crippen LogP contribution in [0.2, 0.25) is 5.02 Å². The number of anilines is 1. The number of hydrogen-bond acceptors (Lipinski definition) is 4. The monoisotopic (exact) mass is 246 g/mol. The normalized spacial score (nSPS) is 12.4. The SMILES string of the molecule is Nc1ncc(CC(CS)C(=O)O)cc1Cl. The maximum atomic E-state index is 10.8. The highest BCUT2D eigenvalue weighted by Crippen LogP contribution is 2.19. The summed E-state index contributed by atoms with van der Waals surface area (Å²) in [6.45, 7) is 0. The number of thiol groups is 1. The number of pyridine rings is 1. The van der Waals surface area contributed by atoms with Crippen LogP contribution in [0, 0.1) is 5.92 Å². The summed E-state index contributed by atoms with van der Waals surface area (Å²) in [5, 5.41) is 9.17. The Morgan fingerprint density at radius 1 is 1.73 bits per heavy atom. The number of nitrogens with two attached hydrogens (primary N) is 1. The second-order valence-corrected chi connectivity index (χ2v) is 3.90. The quantitative estimate of drug-likeness (QED) is 0.704. The Balaban J connectivity index is 2.80. The maximum Gasteiger partial charge on any atom is 0.307 e. The van der Waals surface area contributed by atoms with Crippen LogP contribution < -0.4 is 5.73 Å². The largest absolute Gasteiger partial charge is 0.481 e. The molecule has 1 heterocycles.